The lowest BCUT2D eigenvalue weighted by Gasteiger charge is -2.27. The summed E-state index contributed by atoms with van der Waals surface area (Å²) in [5, 5.41) is 13.3. The van der Waals surface area contributed by atoms with E-state index in [2.05, 4.69) is 20.6 Å². The topological polar surface area (TPSA) is 94.1 Å². The van der Waals surface area contributed by atoms with Gasteiger partial charge in [-0.15, -0.1) is 0 Å². The second-order valence-corrected chi connectivity index (χ2v) is 9.23. The normalized spacial score (nSPS) is 12.6. The van der Waals surface area contributed by atoms with Gasteiger partial charge in [0, 0.05) is 17.2 Å². The molecule has 1 amide bonds. The van der Waals surface area contributed by atoms with Crippen LogP contribution in [0.1, 0.15) is 43.2 Å². The third-order valence-electron chi connectivity index (χ3n) is 5.64. The molecule has 170 valence electrons. The molecule has 0 fully saturated rings. The van der Waals surface area contributed by atoms with Crippen molar-refractivity contribution < 1.29 is 13.8 Å². The van der Waals surface area contributed by atoms with Gasteiger partial charge in [-0.1, -0.05) is 97.8 Å². The minimum atomic E-state index is -0.522. The van der Waals surface area contributed by atoms with Crippen LogP contribution in [-0.2, 0) is 0 Å². The zero-order valence-corrected chi connectivity index (χ0v) is 19.1. The summed E-state index contributed by atoms with van der Waals surface area (Å²) in [7, 11) is 0. The Morgan fingerprint density at radius 3 is 2.32 bits per heavy atom. The summed E-state index contributed by atoms with van der Waals surface area (Å²) in [5.74, 6) is 0.944. The smallest absolute Gasteiger partial charge is 0.274 e. The summed E-state index contributed by atoms with van der Waals surface area (Å²) in [6.07, 6.45) is 0. The average Bonchev–Trinajstić information content (AvgIpc) is 3.52. The first-order valence-corrected chi connectivity index (χ1v) is 11.0. The maximum atomic E-state index is 13.1. The lowest BCUT2D eigenvalue weighted by Crippen LogP contribution is -2.37. The Kier molecular flexibility index (Phi) is 5.45. The fourth-order valence-corrected chi connectivity index (χ4v) is 3.77. The van der Waals surface area contributed by atoms with Crippen molar-refractivity contribution in [3.05, 3.63) is 90.4 Å². The fraction of sp³-hybridized carbons (Fsp3) is 0.185. The Morgan fingerprint density at radius 1 is 0.824 bits per heavy atom. The number of carbonyl (C=O) groups is 1. The summed E-state index contributed by atoms with van der Waals surface area (Å²) in [6, 6.07) is 24.7. The van der Waals surface area contributed by atoms with E-state index in [0.29, 0.717) is 17.5 Å². The number of carbonyl (C=O) groups excluding carboxylic acids is 1. The van der Waals surface area contributed by atoms with Crippen LogP contribution in [0.4, 0.5) is 0 Å². The molecular weight excluding hydrogens is 428 g/mol. The molecule has 2 aromatic heterocycles. The van der Waals surface area contributed by atoms with Gasteiger partial charge in [0.15, 0.2) is 11.5 Å². The summed E-state index contributed by atoms with van der Waals surface area (Å²) in [4.78, 5) is 17.6. The fourth-order valence-electron chi connectivity index (χ4n) is 3.77. The van der Waals surface area contributed by atoms with E-state index in [4.69, 9.17) is 9.05 Å². The number of nitrogens with one attached hydrogen (secondary N) is 1. The number of hydrogen-bond acceptors (Lipinski definition) is 6. The van der Waals surface area contributed by atoms with E-state index >= 15 is 0 Å². The Labute approximate surface area is 196 Å². The molecule has 0 radical (unpaired) electrons. The molecule has 1 N–H and O–H groups in total. The van der Waals surface area contributed by atoms with E-state index in [0.717, 1.165) is 21.9 Å². The standard InChI is InChI=1S/C27H24N4O3/c1-27(2,3)23(26-29-24(31-34-26)18-10-5-4-6-11-18)28-25(32)21-16-22(33-30-21)20-14-13-17-9-7-8-12-19(17)15-20/h4-16,23H,1-3H3,(H,28,32). The van der Waals surface area contributed by atoms with Gasteiger partial charge < -0.3 is 14.4 Å². The van der Waals surface area contributed by atoms with Crippen LogP contribution in [0.25, 0.3) is 33.5 Å². The summed E-state index contributed by atoms with van der Waals surface area (Å²) in [5.41, 5.74) is 1.48. The van der Waals surface area contributed by atoms with Gasteiger partial charge in [0.25, 0.3) is 5.91 Å². The molecule has 0 aliphatic heterocycles. The molecule has 0 aliphatic rings. The predicted molar refractivity (Wildman–Crippen MR) is 129 cm³/mol. The van der Waals surface area contributed by atoms with Crippen LogP contribution in [-0.4, -0.2) is 21.2 Å². The van der Waals surface area contributed by atoms with Gasteiger partial charge in [-0.3, -0.25) is 4.79 Å². The molecule has 1 atom stereocenters. The molecule has 7 nitrogen and oxygen atoms in total. The predicted octanol–water partition coefficient (Wildman–Crippen LogP) is 6.06. The van der Waals surface area contributed by atoms with Gasteiger partial charge in [0.05, 0.1) is 0 Å². The van der Waals surface area contributed by atoms with Crippen LogP contribution in [0.3, 0.4) is 0 Å². The molecule has 0 saturated carbocycles. The lowest BCUT2D eigenvalue weighted by atomic mass is 9.86. The molecule has 1 unspecified atom stereocenters. The van der Waals surface area contributed by atoms with Gasteiger partial charge in [-0.25, -0.2) is 0 Å². The van der Waals surface area contributed by atoms with Crippen LogP contribution in [0, 0.1) is 5.41 Å². The number of nitrogens with zero attached hydrogens (tertiary/aromatic N) is 3. The van der Waals surface area contributed by atoms with Gasteiger partial charge in [0.1, 0.15) is 6.04 Å². The minimum absolute atomic E-state index is 0.181. The van der Waals surface area contributed by atoms with Crippen LogP contribution in [0.2, 0.25) is 0 Å². The summed E-state index contributed by atoms with van der Waals surface area (Å²) >= 11 is 0. The Bertz CT molecular complexity index is 1450. The van der Waals surface area contributed by atoms with Gasteiger partial charge in [-0.05, 0) is 22.3 Å². The number of benzene rings is 3. The van der Waals surface area contributed by atoms with Crippen molar-refractivity contribution in [2.75, 3.05) is 0 Å². The summed E-state index contributed by atoms with van der Waals surface area (Å²) < 4.78 is 11.0. The number of rotatable bonds is 5. The van der Waals surface area contributed by atoms with Crippen molar-refractivity contribution in [1.29, 1.82) is 0 Å². The molecule has 3 aromatic carbocycles. The Hall–Kier alpha value is -4.26. The van der Waals surface area contributed by atoms with E-state index in [1.54, 1.807) is 6.07 Å². The summed E-state index contributed by atoms with van der Waals surface area (Å²) in [6.45, 7) is 5.98. The van der Waals surface area contributed by atoms with Crippen molar-refractivity contribution in [3.8, 4) is 22.7 Å². The van der Waals surface area contributed by atoms with Crippen LogP contribution in [0.5, 0.6) is 0 Å². The largest absolute Gasteiger partial charge is 0.355 e. The van der Waals surface area contributed by atoms with Crippen LogP contribution >= 0.6 is 0 Å². The molecule has 0 spiro atoms. The number of aromatic nitrogens is 3. The van der Waals surface area contributed by atoms with Crippen molar-refractivity contribution in [2.24, 2.45) is 5.41 Å². The molecule has 0 saturated heterocycles. The lowest BCUT2D eigenvalue weighted by molar-refractivity contribution is 0.0871. The van der Waals surface area contributed by atoms with Gasteiger partial charge in [-0.2, -0.15) is 4.98 Å². The van der Waals surface area contributed by atoms with Crippen LogP contribution in [0.15, 0.2) is 87.9 Å². The van der Waals surface area contributed by atoms with E-state index in [-0.39, 0.29) is 17.0 Å². The molecule has 5 rings (SSSR count). The first kappa shape index (κ1) is 21.6. The van der Waals surface area contributed by atoms with Gasteiger partial charge >= 0.3 is 0 Å². The number of amides is 1. The maximum Gasteiger partial charge on any atom is 0.274 e. The van der Waals surface area contributed by atoms with Crippen molar-refractivity contribution in [2.45, 2.75) is 26.8 Å². The second kappa shape index (κ2) is 8.59. The highest BCUT2D eigenvalue weighted by atomic mass is 16.5. The monoisotopic (exact) mass is 452 g/mol. The maximum absolute atomic E-state index is 13.1. The zero-order chi connectivity index (χ0) is 23.7. The van der Waals surface area contributed by atoms with Crippen molar-refractivity contribution in [1.82, 2.24) is 20.6 Å². The SMILES string of the molecule is CC(C)(C)C(NC(=O)c1cc(-c2ccc3ccccc3c2)on1)c1nc(-c2ccccc2)no1. The van der Waals surface area contributed by atoms with E-state index in [1.165, 1.54) is 0 Å². The van der Waals surface area contributed by atoms with Crippen molar-refractivity contribution >= 4 is 16.7 Å². The number of hydrogen-bond donors (Lipinski definition) is 1. The first-order chi connectivity index (χ1) is 16.4. The highest BCUT2D eigenvalue weighted by molar-refractivity contribution is 5.94. The number of fused-ring (bicyclic) bond motifs is 1. The van der Waals surface area contributed by atoms with Gasteiger partial charge in [0.2, 0.25) is 11.7 Å². The van der Waals surface area contributed by atoms with E-state index in [1.807, 2.05) is 93.6 Å². The third kappa shape index (κ3) is 4.32. The molecule has 5 aromatic rings. The first-order valence-electron chi connectivity index (χ1n) is 11.0. The zero-order valence-electron chi connectivity index (χ0n) is 19.1. The molecule has 7 heteroatoms. The Balaban J connectivity index is 1.38. The molecule has 34 heavy (non-hydrogen) atoms. The van der Waals surface area contributed by atoms with Crippen molar-refractivity contribution in [3.63, 3.8) is 0 Å². The van der Waals surface area contributed by atoms with Crippen LogP contribution < -0.4 is 5.32 Å². The third-order valence-corrected chi connectivity index (χ3v) is 5.64. The van der Waals surface area contributed by atoms with E-state index in [9.17, 15) is 4.79 Å². The molecule has 0 bridgehead atoms. The Morgan fingerprint density at radius 2 is 1.56 bits per heavy atom. The quantitative estimate of drug-likeness (QED) is 0.348. The molecule has 2 heterocycles. The average molecular weight is 453 g/mol. The van der Waals surface area contributed by atoms with E-state index < -0.39 is 6.04 Å². The second-order valence-electron chi connectivity index (χ2n) is 9.23. The molecule has 0 aliphatic carbocycles. The highest BCUT2D eigenvalue weighted by Gasteiger charge is 2.34. The molecular formula is C27H24N4O3. The highest BCUT2D eigenvalue weighted by Crippen LogP contribution is 2.33. The minimum Gasteiger partial charge on any atom is -0.355 e.